The second-order valence-electron chi connectivity index (χ2n) is 7.87. The van der Waals surface area contributed by atoms with Gasteiger partial charge in [-0.3, -0.25) is 0 Å². The Hall–Kier alpha value is -3.62. The number of hydrogen-bond donors (Lipinski definition) is 1. The summed E-state index contributed by atoms with van der Waals surface area (Å²) in [5, 5.41) is 7.84. The molecule has 0 fully saturated rings. The predicted molar refractivity (Wildman–Crippen MR) is 132 cm³/mol. The Balaban J connectivity index is 1.59. The molecule has 0 aliphatic carbocycles. The highest BCUT2D eigenvalue weighted by Crippen LogP contribution is 2.42. The summed E-state index contributed by atoms with van der Waals surface area (Å²) in [5.41, 5.74) is 5.00. The molecular formula is C28H17NS. The van der Waals surface area contributed by atoms with E-state index in [1.807, 2.05) is 11.3 Å². The molecule has 0 aliphatic rings. The number of H-pyrrole nitrogens is 1. The van der Waals surface area contributed by atoms with E-state index in [0.29, 0.717) is 0 Å². The molecule has 1 N–H and O–H groups in total. The molecule has 0 bridgehead atoms. The van der Waals surface area contributed by atoms with Gasteiger partial charge in [-0.25, -0.2) is 0 Å². The lowest BCUT2D eigenvalue weighted by Crippen LogP contribution is -1.81. The molecule has 2 heteroatoms. The van der Waals surface area contributed by atoms with Crippen LogP contribution in [0.15, 0.2) is 97.1 Å². The summed E-state index contributed by atoms with van der Waals surface area (Å²) in [7, 11) is 0. The second kappa shape index (κ2) is 5.94. The van der Waals surface area contributed by atoms with Gasteiger partial charge in [0.05, 0.1) is 5.52 Å². The number of rotatable bonds is 1. The Kier molecular flexibility index (Phi) is 3.21. The molecule has 0 aliphatic heterocycles. The molecule has 2 heterocycles. The van der Waals surface area contributed by atoms with E-state index in [-0.39, 0.29) is 0 Å². The average molecular weight is 400 g/mol. The SMILES string of the molecule is c1ccc2c(-c3ccc4sc5ccc6c7ccccc7[nH]c6c5c4c3)cccc2c1. The minimum absolute atomic E-state index is 1.20. The lowest BCUT2D eigenvalue weighted by Gasteiger charge is -2.07. The standard InChI is InChI=1S/C28H17NS/c1-2-8-19-17(6-1)7-5-10-20(19)18-12-14-25-23(16-18)27-26(30-25)15-13-22-21-9-3-4-11-24(21)29-28(22)27/h1-16,29H. The van der Waals surface area contributed by atoms with Gasteiger partial charge in [0.1, 0.15) is 0 Å². The molecule has 0 radical (unpaired) electrons. The third-order valence-electron chi connectivity index (χ3n) is 6.21. The van der Waals surface area contributed by atoms with Crippen LogP contribution in [-0.4, -0.2) is 4.98 Å². The van der Waals surface area contributed by atoms with Gasteiger partial charge in [0, 0.05) is 36.5 Å². The van der Waals surface area contributed by atoms with Crippen molar-refractivity contribution < 1.29 is 0 Å². The fourth-order valence-corrected chi connectivity index (χ4v) is 5.92. The largest absolute Gasteiger partial charge is 0.354 e. The highest BCUT2D eigenvalue weighted by atomic mass is 32.1. The number of aromatic nitrogens is 1. The monoisotopic (exact) mass is 399 g/mol. The molecule has 0 spiro atoms. The molecule has 140 valence electrons. The molecule has 0 atom stereocenters. The van der Waals surface area contributed by atoms with Gasteiger partial charge < -0.3 is 4.98 Å². The summed E-state index contributed by atoms with van der Waals surface area (Å²) < 4.78 is 2.67. The molecule has 0 saturated carbocycles. The van der Waals surface area contributed by atoms with Crippen molar-refractivity contribution in [2.75, 3.05) is 0 Å². The van der Waals surface area contributed by atoms with E-state index in [9.17, 15) is 0 Å². The summed E-state index contributed by atoms with van der Waals surface area (Å²) >= 11 is 1.87. The topological polar surface area (TPSA) is 15.8 Å². The van der Waals surface area contributed by atoms with E-state index in [1.54, 1.807) is 0 Å². The first-order chi connectivity index (χ1) is 14.9. The average Bonchev–Trinajstić information content (AvgIpc) is 3.36. The number of benzene rings is 5. The number of fused-ring (bicyclic) bond motifs is 8. The van der Waals surface area contributed by atoms with Crippen LogP contribution in [0.2, 0.25) is 0 Å². The molecule has 0 unspecified atom stereocenters. The summed E-state index contributed by atoms with van der Waals surface area (Å²) in [5.74, 6) is 0. The predicted octanol–water partition coefficient (Wildman–Crippen LogP) is 8.51. The first-order valence-electron chi connectivity index (χ1n) is 10.2. The van der Waals surface area contributed by atoms with Gasteiger partial charge in [0.25, 0.3) is 0 Å². The van der Waals surface area contributed by atoms with Crippen LogP contribution >= 0.6 is 11.3 Å². The maximum Gasteiger partial charge on any atom is 0.0559 e. The molecule has 7 rings (SSSR count). The molecule has 0 amide bonds. The van der Waals surface area contributed by atoms with Crippen LogP contribution in [0.5, 0.6) is 0 Å². The third-order valence-corrected chi connectivity index (χ3v) is 7.35. The van der Waals surface area contributed by atoms with Crippen LogP contribution in [0.1, 0.15) is 0 Å². The smallest absolute Gasteiger partial charge is 0.0559 e. The van der Waals surface area contributed by atoms with Crippen molar-refractivity contribution >= 4 is 64.1 Å². The Morgan fingerprint density at radius 2 is 1.37 bits per heavy atom. The van der Waals surface area contributed by atoms with Crippen molar-refractivity contribution in [1.29, 1.82) is 0 Å². The van der Waals surface area contributed by atoms with Crippen molar-refractivity contribution in [2.45, 2.75) is 0 Å². The maximum absolute atomic E-state index is 3.69. The number of hydrogen-bond acceptors (Lipinski definition) is 1. The first-order valence-corrected chi connectivity index (χ1v) is 11.0. The Morgan fingerprint density at radius 1 is 0.567 bits per heavy atom. The molecule has 30 heavy (non-hydrogen) atoms. The van der Waals surface area contributed by atoms with Gasteiger partial charge in [-0.1, -0.05) is 72.8 Å². The van der Waals surface area contributed by atoms with E-state index in [0.717, 1.165) is 0 Å². The number of thiophene rings is 1. The Labute approximate surface area is 177 Å². The van der Waals surface area contributed by atoms with Crippen molar-refractivity contribution in [3.05, 3.63) is 97.1 Å². The summed E-state index contributed by atoms with van der Waals surface area (Å²) in [4.78, 5) is 3.69. The van der Waals surface area contributed by atoms with Gasteiger partial charge >= 0.3 is 0 Å². The van der Waals surface area contributed by atoms with Crippen LogP contribution in [0.4, 0.5) is 0 Å². The summed E-state index contributed by atoms with van der Waals surface area (Å²) in [6.45, 7) is 0. The summed E-state index contributed by atoms with van der Waals surface area (Å²) in [6.07, 6.45) is 0. The van der Waals surface area contributed by atoms with E-state index in [4.69, 9.17) is 0 Å². The Bertz CT molecular complexity index is 1740. The highest BCUT2D eigenvalue weighted by molar-refractivity contribution is 7.26. The van der Waals surface area contributed by atoms with Gasteiger partial charge in [-0.2, -0.15) is 0 Å². The molecular weight excluding hydrogens is 382 g/mol. The molecule has 2 aromatic heterocycles. The second-order valence-corrected chi connectivity index (χ2v) is 8.96. The molecule has 1 nitrogen and oxygen atoms in total. The van der Waals surface area contributed by atoms with Crippen LogP contribution < -0.4 is 0 Å². The van der Waals surface area contributed by atoms with Gasteiger partial charge in [-0.15, -0.1) is 11.3 Å². The van der Waals surface area contributed by atoms with Crippen LogP contribution in [0.3, 0.4) is 0 Å². The fourth-order valence-electron chi connectivity index (χ4n) is 4.83. The van der Waals surface area contributed by atoms with E-state index in [1.165, 1.54) is 63.9 Å². The Morgan fingerprint density at radius 3 is 2.33 bits per heavy atom. The van der Waals surface area contributed by atoms with Crippen molar-refractivity contribution in [3.8, 4) is 11.1 Å². The number of nitrogens with one attached hydrogen (secondary N) is 1. The zero-order chi connectivity index (χ0) is 19.7. The van der Waals surface area contributed by atoms with Crippen LogP contribution in [0.25, 0.3) is 63.9 Å². The zero-order valence-corrected chi connectivity index (χ0v) is 17.0. The number of para-hydroxylation sites is 1. The molecule has 7 aromatic rings. The quantitative estimate of drug-likeness (QED) is 0.285. The van der Waals surface area contributed by atoms with Gasteiger partial charge in [0.2, 0.25) is 0 Å². The lowest BCUT2D eigenvalue weighted by molar-refractivity contribution is 1.57. The zero-order valence-electron chi connectivity index (χ0n) is 16.1. The highest BCUT2D eigenvalue weighted by Gasteiger charge is 2.14. The minimum Gasteiger partial charge on any atom is -0.354 e. The van der Waals surface area contributed by atoms with E-state index < -0.39 is 0 Å². The minimum atomic E-state index is 1.20. The number of aromatic amines is 1. The normalized spacial score (nSPS) is 12.0. The van der Waals surface area contributed by atoms with E-state index >= 15 is 0 Å². The third kappa shape index (κ3) is 2.17. The first kappa shape index (κ1) is 16.2. The van der Waals surface area contributed by atoms with Gasteiger partial charge in [-0.05, 0) is 46.2 Å². The van der Waals surface area contributed by atoms with Crippen molar-refractivity contribution in [1.82, 2.24) is 4.98 Å². The van der Waals surface area contributed by atoms with E-state index in [2.05, 4.69) is 102 Å². The molecule has 0 saturated heterocycles. The molecule has 5 aromatic carbocycles. The van der Waals surface area contributed by atoms with Gasteiger partial charge in [0.15, 0.2) is 0 Å². The summed E-state index contributed by atoms with van der Waals surface area (Å²) in [6, 6.07) is 35.3. The van der Waals surface area contributed by atoms with Crippen LogP contribution in [-0.2, 0) is 0 Å². The van der Waals surface area contributed by atoms with Crippen molar-refractivity contribution in [3.63, 3.8) is 0 Å². The van der Waals surface area contributed by atoms with Crippen LogP contribution in [0, 0.1) is 0 Å². The maximum atomic E-state index is 3.69. The fraction of sp³-hybridized carbons (Fsp3) is 0. The van der Waals surface area contributed by atoms with Crippen molar-refractivity contribution in [2.24, 2.45) is 0 Å². The lowest BCUT2D eigenvalue weighted by atomic mass is 9.97.